The average Bonchev–Trinajstić information content (AvgIpc) is 3.00. The highest BCUT2D eigenvalue weighted by atomic mass is 35.5. The molecule has 0 fully saturated rings. The Morgan fingerprint density at radius 3 is 2.37 bits per heavy atom. The molecule has 0 amide bonds. The molecule has 0 saturated heterocycles. The SMILES string of the molecule is Cc1ccccc1Cn1c(C)c(/C=N/NCc2c(Cl)cccc2Cl)c2ccccc21. The zero-order valence-electron chi connectivity index (χ0n) is 17.0. The molecular formula is C25H23Cl2N3. The summed E-state index contributed by atoms with van der Waals surface area (Å²) < 4.78 is 2.35. The first-order chi connectivity index (χ1) is 14.6. The van der Waals surface area contributed by atoms with Crippen LogP contribution in [-0.4, -0.2) is 10.8 Å². The van der Waals surface area contributed by atoms with Gasteiger partial charge in [-0.25, -0.2) is 0 Å². The van der Waals surface area contributed by atoms with Crippen molar-refractivity contribution in [3.05, 3.63) is 105 Å². The monoisotopic (exact) mass is 435 g/mol. The topological polar surface area (TPSA) is 29.3 Å². The van der Waals surface area contributed by atoms with Crippen LogP contribution in [0.4, 0.5) is 0 Å². The lowest BCUT2D eigenvalue weighted by Gasteiger charge is -2.11. The van der Waals surface area contributed by atoms with E-state index in [1.807, 2.05) is 24.4 Å². The minimum absolute atomic E-state index is 0.468. The summed E-state index contributed by atoms with van der Waals surface area (Å²) in [4.78, 5) is 0. The maximum absolute atomic E-state index is 6.24. The Labute approximate surface area is 186 Å². The first-order valence-electron chi connectivity index (χ1n) is 9.87. The molecule has 0 radical (unpaired) electrons. The zero-order valence-corrected chi connectivity index (χ0v) is 18.5. The summed E-state index contributed by atoms with van der Waals surface area (Å²) in [5.74, 6) is 0. The van der Waals surface area contributed by atoms with Gasteiger partial charge in [0.25, 0.3) is 0 Å². The summed E-state index contributed by atoms with van der Waals surface area (Å²) >= 11 is 12.5. The Hall–Kier alpha value is -2.75. The van der Waals surface area contributed by atoms with Gasteiger partial charge in [0.2, 0.25) is 0 Å². The fraction of sp³-hybridized carbons (Fsp3) is 0.160. The third-order valence-electron chi connectivity index (χ3n) is 5.47. The molecule has 4 aromatic rings. The molecule has 0 spiro atoms. The van der Waals surface area contributed by atoms with Crippen molar-refractivity contribution in [2.75, 3.05) is 0 Å². The molecule has 0 aliphatic carbocycles. The summed E-state index contributed by atoms with van der Waals surface area (Å²) in [6, 6.07) is 22.5. The van der Waals surface area contributed by atoms with Gasteiger partial charge in [-0.2, -0.15) is 5.10 Å². The van der Waals surface area contributed by atoms with Crippen molar-refractivity contribution in [3.8, 4) is 0 Å². The smallest absolute Gasteiger partial charge is 0.0609 e. The van der Waals surface area contributed by atoms with Crippen LogP contribution in [0.5, 0.6) is 0 Å². The standard InChI is InChI=1S/C25H23Cl2N3/c1-17-8-3-4-9-19(17)16-30-18(2)21(20-10-5-6-13-25(20)30)14-28-29-15-22-23(26)11-7-12-24(22)27/h3-14,29H,15-16H2,1-2H3/b28-14+. The third-order valence-corrected chi connectivity index (χ3v) is 6.18. The fourth-order valence-electron chi connectivity index (χ4n) is 3.72. The van der Waals surface area contributed by atoms with Crippen molar-refractivity contribution in [3.63, 3.8) is 0 Å². The molecule has 1 N–H and O–H groups in total. The van der Waals surface area contributed by atoms with E-state index in [4.69, 9.17) is 23.2 Å². The summed E-state index contributed by atoms with van der Waals surface area (Å²) in [7, 11) is 0. The number of rotatable bonds is 6. The number of para-hydroxylation sites is 1. The van der Waals surface area contributed by atoms with Crippen molar-refractivity contribution in [1.29, 1.82) is 0 Å². The number of benzene rings is 3. The van der Waals surface area contributed by atoms with Crippen molar-refractivity contribution in [1.82, 2.24) is 9.99 Å². The number of halogens is 2. The number of hydrogen-bond donors (Lipinski definition) is 1. The van der Waals surface area contributed by atoms with Crippen molar-refractivity contribution in [2.24, 2.45) is 5.10 Å². The van der Waals surface area contributed by atoms with E-state index in [-0.39, 0.29) is 0 Å². The second-order valence-corrected chi connectivity index (χ2v) is 8.14. The van der Waals surface area contributed by atoms with Crippen LogP contribution in [0.15, 0.2) is 71.8 Å². The van der Waals surface area contributed by atoms with Gasteiger partial charge in [0.15, 0.2) is 0 Å². The Morgan fingerprint density at radius 2 is 1.60 bits per heavy atom. The molecule has 5 heteroatoms. The molecule has 4 rings (SSSR count). The number of nitrogens with zero attached hydrogens (tertiary/aromatic N) is 2. The van der Waals surface area contributed by atoms with E-state index in [9.17, 15) is 0 Å². The van der Waals surface area contributed by atoms with Gasteiger partial charge in [-0.05, 0) is 43.2 Å². The number of fused-ring (bicyclic) bond motifs is 1. The number of hydrogen-bond acceptors (Lipinski definition) is 2. The number of nitrogens with one attached hydrogen (secondary N) is 1. The van der Waals surface area contributed by atoms with Crippen LogP contribution in [0, 0.1) is 13.8 Å². The summed E-state index contributed by atoms with van der Waals surface area (Å²) in [6.45, 7) is 5.60. The Bertz CT molecular complexity index is 1200. The molecule has 1 heterocycles. The van der Waals surface area contributed by atoms with E-state index >= 15 is 0 Å². The van der Waals surface area contributed by atoms with E-state index in [1.165, 1.54) is 27.7 Å². The highest BCUT2D eigenvalue weighted by molar-refractivity contribution is 6.35. The van der Waals surface area contributed by atoms with Gasteiger partial charge in [-0.1, -0.05) is 71.7 Å². The normalized spacial score (nSPS) is 11.5. The first-order valence-corrected chi connectivity index (χ1v) is 10.6. The molecule has 0 unspecified atom stereocenters. The average molecular weight is 436 g/mol. The lowest BCUT2D eigenvalue weighted by Crippen LogP contribution is -2.07. The van der Waals surface area contributed by atoms with Crippen LogP contribution >= 0.6 is 23.2 Å². The molecule has 152 valence electrons. The summed E-state index contributed by atoms with van der Waals surface area (Å²) in [6.07, 6.45) is 1.89. The second kappa shape index (κ2) is 8.95. The van der Waals surface area contributed by atoms with Crippen molar-refractivity contribution < 1.29 is 0 Å². The van der Waals surface area contributed by atoms with E-state index in [2.05, 4.69) is 77.5 Å². The number of aryl methyl sites for hydroxylation is 1. The van der Waals surface area contributed by atoms with Crippen LogP contribution in [0.25, 0.3) is 10.9 Å². The molecule has 3 aromatic carbocycles. The summed E-state index contributed by atoms with van der Waals surface area (Å²) in [5.41, 5.74) is 10.0. The van der Waals surface area contributed by atoms with Gasteiger partial charge < -0.3 is 9.99 Å². The van der Waals surface area contributed by atoms with Gasteiger partial charge in [-0.15, -0.1) is 0 Å². The van der Waals surface area contributed by atoms with E-state index in [0.717, 1.165) is 17.7 Å². The van der Waals surface area contributed by atoms with Gasteiger partial charge in [0.05, 0.1) is 12.8 Å². The fourth-order valence-corrected chi connectivity index (χ4v) is 4.25. The van der Waals surface area contributed by atoms with E-state index < -0.39 is 0 Å². The number of hydrazone groups is 1. The largest absolute Gasteiger partial charge is 0.340 e. The van der Waals surface area contributed by atoms with Gasteiger partial charge in [0.1, 0.15) is 0 Å². The van der Waals surface area contributed by atoms with Gasteiger partial charge in [0, 0.05) is 44.3 Å². The third kappa shape index (κ3) is 4.09. The van der Waals surface area contributed by atoms with Crippen LogP contribution in [0.2, 0.25) is 10.0 Å². The van der Waals surface area contributed by atoms with E-state index in [1.54, 1.807) is 0 Å². The van der Waals surface area contributed by atoms with Gasteiger partial charge in [-0.3, -0.25) is 0 Å². The van der Waals surface area contributed by atoms with Crippen molar-refractivity contribution >= 4 is 40.3 Å². The minimum atomic E-state index is 0.468. The molecule has 0 aliphatic rings. The molecule has 1 aromatic heterocycles. The van der Waals surface area contributed by atoms with Crippen LogP contribution < -0.4 is 5.43 Å². The number of aromatic nitrogens is 1. The molecule has 0 saturated carbocycles. The molecular weight excluding hydrogens is 413 g/mol. The molecule has 30 heavy (non-hydrogen) atoms. The van der Waals surface area contributed by atoms with E-state index in [0.29, 0.717) is 16.6 Å². The van der Waals surface area contributed by atoms with Crippen LogP contribution in [-0.2, 0) is 13.1 Å². The minimum Gasteiger partial charge on any atom is -0.340 e. The molecule has 0 bridgehead atoms. The van der Waals surface area contributed by atoms with Crippen molar-refractivity contribution in [2.45, 2.75) is 26.9 Å². The van der Waals surface area contributed by atoms with Crippen LogP contribution in [0.1, 0.15) is 27.9 Å². The summed E-state index contributed by atoms with van der Waals surface area (Å²) in [5, 5.41) is 6.92. The predicted octanol–water partition coefficient (Wildman–Crippen LogP) is 6.74. The van der Waals surface area contributed by atoms with Crippen LogP contribution in [0.3, 0.4) is 0 Å². The molecule has 0 atom stereocenters. The zero-order chi connectivity index (χ0) is 21.1. The lowest BCUT2D eigenvalue weighted by atomic mass is 10.1. The Kier molecular flexibility index (Phi) is 6.12. The predicted molar refractivity (Wildman–Crippen MR) is 128 cm³/mol. The highest BCUT2D eigenvalue weighted by Crippen LogP contribution is 2.27. The lowest BCUT2D eigenvalue weighted by molar-refractivity contribution is 0.748. The maximum Gasteiger partial charge on any atom is 0.0609 e. The highest BCUT2D eigenvalue weighted by Gasteiger charge is 2.13. The quantitative estimate of drug-likeness (QED) is 0.263. The first kappa shape index (κ1) is 20.5. The molecule has 0 aliphatic heterocycles. The van der Waals surface area contributed by atoms with Gasteiger partial charge >= 0.3 is 0 Å². The Balaban J connectivity index is 1.62. The molecule has 3 nitrogen and oxygen atoms in total. The maximum atomic E-state index is 6.24. The second-order valence-electron chi connectivity index (χ2n) is 7.32. The Morgan fingerprint density at radius 1 is 0.900 bits per heavy atom.